The molecule has 2 heteroatoms. The molecule has 92 valence electrons. The molecule has 0 amide bonds. The van der Waals surface area contributed by atoms with Crippen LogP contribution in [0.4, 0.5) is 0 Å². The highest BCUT2D eigenvalue weighted by atomic mass is 32.2. The fraction of sp³-hybridized carbons (Fsp3) is 0.600. The zero-order valence-electron chi connectivity index (χ0n) is 10.4. The minimum atomic E-state index is 0.861. The van der Waals surface area contributed by atoms with Crippen LogP contribution in [-0.4, -0.2) is 18.3 Å². The highest BCUT2D eigenvalue weighted by molar-refractivity contribution is 7.99. The van der Waals surface area contributed by atoms with Crippen LogP contribution >= 0.6 is 11.8 Å². The van der Waals surface area contributed by atoms with Crippen molar-refractivity contribution in [3.63, 3.8) is 0 Å². The normalized spacial score (nSPS) is 18.4. The summed E-state index contributed by atoms with van der Waals surface area (Å²) in [5.41, 5.74) is 3.19. The molecular weight excluding hydrogens is 226 g/mol. The lowest BCUT2D eigenvalue weighted by Crippen LogP contribution is -2.17. The van der Waals surface area contributed by atoms with Gasteiger partial charge in [0.1, 0.15) is 0 Å². The third-order valence-electron chi connectivity index (χ3n) is 3.67. The summed E-state index contributed by atoms with van der Waals surface area (Å²) in [5, 5.41) is 3.57. The molecule has 1 aromatic carbocycles. The number of nitrogens with one attached hydrogen (secondary N) is 1. The Kier molecular flexibility index (Phi) is 3.72. The van der Waals surface area contributed by atoms with E-state index >= 15 is 0 Å². The molecule has 1 N–H and O–H groups in total. The van der Waals surface area contributed by atoms with Crippen LogP contribution in [0.5, 0.6) is 0 Å². The van der Waals surface area contributed by atoms with Crippen LogP contribution in [0, 0.1) is 0 Å². The van der Waals surface area contributed by atoms with E-state index in [2.05, 4.69) is 23.5 Å². The lowest BCUT2D eigenvalue weighted by Gasteiger charge is -2.05. The van der Waals surface area contributed by atoms with E-state index in [4.69, 9.17) is 0 Å². The van der Waals surface area contributed by atoms with Crippen molar-refractivity contribution in [2.24, 2.45) is 0 Å². The van der Waals surface area contributed by atoms with Gasteiger partial charge in [0.15, 0.2) is 0 Å². The number of fused-ring (bicyclic) bond motifs is 1. The van der Waals surface area contributed by atoms with Crippen LogP contribution < -0.4 is 5.32 Å². The lowest BCUT2D eigenvalue weighted by atomic mass is 10.1. The van der Waals surface area contributed by atoms with Gasteiger partial charge in [-0.1, -0.05) is 6.07 Å². The molecule has 3 rings (SSSR count). The number of aryl methyl sites for hydroxylation is 2. The Balaban J connectivity index is 1.41. The van der Waals surface area contributed by atoms with Gasteiger partial charge in [-0.15, -0.1) is 11.8 Å². The molecule has 1 nitrogen and oxygen atoms in total. The third-order valence-corrected chi connectivity index (χ3v) is 4.75. The molecule has 0 heterocycles. The van der Waals surface area contributed by atoms with Crippen molar-refractivity contribution in [1.29, 1.82) is 0 Å². The maximum absolute atomic E-state index is 3.57. The topological polar surface area (TPSA) is 12.0 Å². The molecule has 0 unspecified atom stereocenters. The predicted molar refractivity (Wildman–Crippen MR) is 74.8 cm³/mol. The molecule has 1 aromatic rings. The van der Waals surface area contributed by atoms with Crippen molar-refractivity contribution in [2.45, 2.75) is 49.5 Å². The Morgan fingerprint density at radius 3 is 2.94 bits per heavy atom. The van der Waals surface area contributed by atoms with Crippen molar-refractivity contribution >= 4 is 11.8 Å². The van der Waals surface area contributed by atoms with Crippen LogP contribution in [0.2, 0.25) is 0 Å². The van der Waals surface area contributed by atoms with Crippen LogP contribution in [0.1, 0.15) is 36.8 Å². The molecule has 17 heavy (non-hydrogen) atoms. The Bertz CT molecular complexity index is 385. The smallest absolute Gasteiger partial charge is 0.00748 e. The molecule has 2 aliphatic carbocycles. The average molecular weight is 247 g/mol. The van der Waals surface area contributed by atoms with Gasteiger partial charge in [0.05, 0.1) is 0 Å². The monoisotopic (exact) mass is 247 g/mol. The second-order valence-corrected chi connectivity index (χ2v) is 6.38. The van der Waals surface area contributed by atoms with Crippen LogP contribution in [-0.2, 0) is 12.8 Å². The van der Waals surface area contributed by atoms with Gasteiger partial charge in [-0.3, -0.25) is 0 Å². The third kappa shape index (κ3) is 3.26. The highest BCUT2D eigenvalue weighted by Crippen LogP contribution is 2.27. The number of hydrogen-bond acceptors (Lipinski definition) is 2. The standard InChI is InChI=1S/C15H21NS/c1-3-12-5-8-15(11-13(12)4-1)17-10-2-9-16-14-6-7-14/h5,8,11,14,16H,1-4,6-7,9-10H2. The largest absolute Gasteiger partial charge is 0.314 e. The summed E-state index contributed by atoms with van der Waals surface area (Å²) < 4.78 is 0. The Morgan fingerprint density at radius 1 is 1.18 bits per heavy atom. The summed E-state index contributed by atoms with van der Waals surface area (Å²) in [7, 11) is 0. The van der Waals surface area contributed by atoms with Gasteiger partial charge in [0, 0.05) is 10.9 Å². The van der Waals surface area contributed by atoms with E-state index in [1.807, 2.05) is 11.8 Å². The highest BCUT2D eigenvalue weighted by Gasteiger charge is 2.19. The number of thioether (sulfide) groups is 1. The van der Waals surface area contributed by atoms with Gasteiger partial charge >= 0.3 is 0 Å². The first-order valence-electron chi connectivity index (χ1n) is 6.90. The molecule has 0 atom stereocenters. The van der Waals surface area contributed by atoms with E-state index < -0.39 is 0 Å². The molecule has 1 fully saturated rings. The van der Waals surface area contributed by atoms with E-state index in [-0.39, 0.29) is 0 Å². The van der Waals surface area contributed by atoms with E-state index in [1.165, 1.54) is 55.7 Å². The van der Waals surface area contributed by atoms with Crippen molar-refractivity contribution in [3.05, 3.63) is 29.3 Å². The Labute approximate surface area is 108 Å². The molecule has 0 spiro atoms. The van der Waals surface area contributed by atoms with Crippen molar-refractivity contribution < 1.29 is 0 Å². The number of benzene rings is 1. The second-order valence-electron chi connectivity index (χ2n) is 5.21. The summed E-state index contributed by atoms with van der Waals surface area (Å²) in [6.45, 7) is 1.20. The number of rotatable bonds is 6. The number of hydrogen-bond donors (Lipinski definition) is 1. The van der Waals surface area contributed by atoms with Crippen molar-refractivity contribution in [1.82, 2.24) is 5.32 Å². The fourth-order valence-electron chi connectivity index (χ4n) is 2.49. The first-order chi connectivity index (χ1) is 8.42. The molecule has 1 saturated carbocycles. The van der Waals surface area contributed by atoms with Gasteiger partial charge < -0.3 is 5.32 Å². The first-order valence-corrected chi connectivity index (χ1v) is 7.88. The van der Waals surface area contributed by atoms with Crippen LogP contribution in [0.25, 0.3) is 0 Å². The zero-order chi connectivity index (χ0) is 11.5. The van der Waals surface area contributed by atoms with Crippen LogP contribution in [0.15, 0.2) is 23.1 Å². The molecule has 0 saturated heterocycles. The second kappa shape index (κ2) is 5.45. The summed E-state index contributed by atoms with van der Waals surface area (Å²) in [5.74, 6) is 1.25. The van der Waals surface area contributed by atoms with E-state index in [9.17, 15) is 0 Å². The molecule has 0 radical (unpaired) electrons. The maximum atomic E-state index is 3.57. The fourth-order valence-corrected chi connectivity index (χ4v) is 3.41. The summed E-state index contributed by atoms with van der Waals surface area (Å²) in [6.07, 6.45) is 8.04. The summed E-state index contributed by atoms with van der Waals surface area (Å²) in [4.78, 5) is 1.47. The minimum absolute atomic E-state index is 0.861. The summed E-state index contributed by atoms with van der Waals surface area (Å²) in [6, 6.07) is 7.93. The Morgan fingerprint density at radius 2 is 2.06 bits per heavy atom. The molecule has 0 aliphatic heterocycles. The van der Waals surface area contributed by atoms with Crippen molar-refractivity contribution in [3.8, 4) is 0 Å². The van der Waals surface area contributed by atoms with Gasteiger partial charge in [-0.2, -0.15) is 0 Å². The summed E-state index contributed by atoms with van der Waals surface area (Å²) >= 11 is 2.02. The van der Waals surface area contributed by atoms with E-state index in [0.29, 0.717) is 0 Å². The van der Waals surface area contributed by atoms with Crippen LogP contribution in [0.3, 0.4) is 0 Å². The minimum Gasteiger partial charge on any atom is -0.314 e. The molecule has 2 aliphatic rings. The van der Waals surface area contributed by atoms with Gasteiger partial charge in [-0.05, 0) is 74.1 Å². The molecular formula is C15H21NS. The predicted octanol–water partition coefficient (Wildman–Crippen LogP) is 3.41. The molecule has 0 bridgehead atoms. The maximum Gasteiger partial charge on any atom is 0.00748 e. The van der Waals surface area contributed by atoms with Gasteiger partial charge in [-0.25, -0.2) is 0 Å². The SMILES string of the molecule is c1cc2c(cc1SCCCNC1CC1)CCC2. The van der Waals surface area contributed by atoms with E-state index in [1.54, 1.807) is 11.1 Å². The quantitative estimate of drug-likeness (QED) is 0.611. The first kappa shape index (κ1) is 11.6. The average Bonchev–Trinajstić information content (AvgIpc) is 3.05. The Hall–Kier alpha value is -0.470. The van der Waals surface area contributed by atoms with E-state index in [0.717, 1.165) is 6.04 Å². The molecule has 0 aromatic heterocycles. The van der Waals surface area contributed by atoms with Gasteiger partial charge in [0.25, 0.3) is 0 Å². The zero-order valence-corrected chi connectivity index (χ0v) is 11.2. The van der Waals surface area contributed by atoms with Crippen molar-refractivity contribution in [2.75, 3.05) is 12.3 Å². The van der Waals surface area contributed by atoms with Gasteiger partial charge in [0.2, 0.25) is 0 Å². The lowest BCUT2D eigenvalue weighted by molar-refractivity contribution is 0.674.